The van der Waals surface area contributed by atoms with Crippen LogP contribution in [0.15, 0.2) is 40.5 Å². The lowest BCUT2D eigenvalue weighted by molar-refractivity contribution is 0.585. The molecule has 0 aliphatic rings. The molecule has 0 aromatic carbocycles. The maximum absolute atomic E-state index is 11.5. The summed E-state index contributed by atoms with van der Waals surface area (Å²) in [6.45, 7) is 3.69. The lowest BCUT2D eigenvalue weighted by Crippen LogP contribution is -2.24. The highest BCUT2D eigenvalue weighted by molar-refractivity contribution is 9.11. The van der Waals surface area contributed by atoms with Crippen molar-refractivity contribution in [2.45, 2.75) is 4.90 Å². The van der Waals surface area contributed by atoms with Crippen LogP contribution in [0.1, 0.15) is 0 Å². The van der Waals surface area contributed by atoms with E-state index in [0.29, 0.717) is 4.48 Å². The Balaban J connectivity index is 2.82. The van der Waals surface area contributed by atoms with Crippen molar-refractivity contribution in [3.05, 3.63) is 35.6 Å². The summed E-state index contributed by atoms with van der Waals surface area (Å²) in [5.74, 6) is 0. The van der Waals surface area contributed by atoms with E-state index >= 15 is 0 Å². The van der Waals surface area contributed by atoms with Gasteiger partial charge in [0.15, 0.2) is 0 Å². The molecular weight excluding hydrogens is 268 g/mol. The molecule has 0 bridgehead atoms. The van der Waals surface area contributed by atoms with Crippen molar-refractivity contribution >= 4 is 26.0 Å². The van der Waals surface area contributed by atoms with Crippen molar-refractivity contribution in [3.8, 4) is 0 Å². The fraction of sp³-hybridized carbons (Fsp3) is 0.125. The minimum Gasteiger partial charge on any atom is -0.263 e. The highest BCUT2D eigenvalue weighted by Gasteiger charge is 2.12. The molecule has 0 atom stereocenters. The Morgan fingerprint density at radius 3 is 2.86 bits per heavy atom. The summed E-state index contributed by atoms with van der Waals surface area (Å²) >= 11 is 3.06. The van der Waals surface area contributed by atoms with E-state index in [1.165, 1.54) is 18.5 Å². The normalized spacial score (nSPS) is 11.2. The van der Waals surface area contributed by atoms with Gasteiger partial charge in [0, 0.05) is 23.4 Å². The second-order valence-electron chi connectivity index (χ2n) is 2.53. The molecule has 1 aromatic heterocycles. The molecule has 0 saturated heterocycles. The predicted molar refractivity (Wildman–Crippen MR) is 57.5 cm³/mol. The predicted octanol–water partition coefficient (Wildman–Crippen LogP) is 1.27. The van der Waals surface area contributed by atoms with E-state index in [1.807, 2.05) is 0 Å². The number of hydrogen-bond donors (Lipinski definition) is 1. The fourth-order valence-electron chi connectivity index (χ4n) is 0.763. The molecule has 1 aromatic rings. The van der Waals surface area contributed by atoms with Gasteiger partial charge in [-0.2, -0.15) is 0 Å². The number of pyridine rings is 1. The van der Waals surface area contributed by atoms with Crippen molar-refractivity contribution in [3.63, 3.8) is 0 Å². The first-order valence-corrected chi connectivity index (χ1v) is 6.03. The Labute approximate surface area is 91.2 Å². The summed E-state index contributed by atoms with van der Waals surface area (Å²) in [5, 5.41) is 0. The maximum Gasteiger partial charge on any atom is 0.242 e. The lowest BCUT2D eigenvalue weighted by Gasteiger charge is -2.04. The molecule has 0 fully saturated rings. The Hall–Kier alpha value is -0.720. The highest BCUT2D eigenvalue weighted by Crippen LogP contribution is 2.06. The minimum atomic E-state index is -3.46. The highest BCUT2D eigenvalue weighted by atomic mass is 79.9. The molecule has 0 spiro atoms. The topological polar surface area (TPSA) is 59.1 Å². The smallest absolute Gasteiger partial charge is 0.242 e. The van der Waals surface area contributed by atoms with E-state index in [2.05, 4.69) is 32.2 Å². The van der Waals surface area contributed by atoms with Gasteiger partial charge < -0.3 is 0 Å². The van der Waals surface area contributed by atoms with E-state index in [4.69, 9.17) is 0 Å². The van der Waals surface area contributed by atoms with Gasteiger partial charge in [-0.3, -0.25) is 4.98 Å². The summed E-state index contributed by atoms with van der Waals surface area (Å²) in [6.07, 6.45) is 2.81. The Kier molecular flexibility index (Phi) is 3.79. The zero-order chi connectivity index (χ0) is 10.6. The second kappa shape index (κ2) is 4.68. The molecule has 0 saturated carbocycles. The van der Waals surface area contributed by atoms with Gasteiger partial charge in [-0.25, -0.2) is 13.1 Å². The van der Waals surface area contributed by atoms with Gasteiger partial charge in [-0.05, 0) is 12.1 Å². The Morgan fingerprint density at radius 2 is 2.36 bits per heavy atom. The van der Waals surface area contributed by atoms with Crippen LogP contribution in [-0.2, 0) is 10.0 Å². The largest absolute Gasteiger partial charge is 0.263 e. The maximum atomic E-state index is 11.5. The number of hydrogen-bond acceptors (Lipinski definition) is 3. The van der Waals surface area contributed by atoms with Gasteiger partial charge in [-0.1, -0.05) is 22.5 Å². The monoisotopic (exact) mass is 276 g/mol. The first-order valence-electron chi connectivity index (χ1n) is 3.75. The van der Waals surface area contributed by atoms with Crippen molar-refractivity contribution in [1.29, 1.82) is 0 Å². The quantitative estimate of drug-likeness (QED) is 0.901. The third kappa shape index (κ3) is 3.21. The zero-order valence-corrected chi connectivity index (χ0v) is 9.68. The molecular formula is C8H9BrN2O2S. The summed E-state index contributed by atoms with van der Waals surface area (Å²) in [4.78, 5) is 3.87. The minimum absolute atomic E-state index is 0.147. The molecule has 1 N–H and O–H groups in total. The van der Waals surface area contributed by atoms with Gasteiger partial charge in [-0.15, -0.1) is 0 Å². The summed E-state index contributed by atoms with van der Waals surface area (Å²) in [6, 6.07) is 3.05. The second-order valence-corrected chi connectivity index (χ2v) is 5.42. The van der Waals surface area contributed by atoms with Crippen LogP contribution >= 0.6 is 15.9 Å². The third-order valence-corrected chi connectivity index (χ3v) is 3.07. The molecule has 1 rings (SSSR count). The van der Waals surface area contributed by atoms with Crippen LogP contribution in [0.2, 0.25) is 0 Å². The molecule has 0 unspecified atom stereocenters. The number of halogens is 1. The van der Waals surface area contributed by atoms with Crippen molar-refractivity contribution in [2.24, 2.45) is 0 Å². The van der Waals surface area contributed by atoms with Gasteiger partial charge in [0.05, 0.1) is 0 Å². The number of sulfonamides is 1. The molecule has 76 valence electrons. The van der Waals surface area contributed by atoms with E-state index in [9.17, 15) is 8.42 Å². The van der Waals surface area contributed by atoms with Crippen LogP contribution in [0, 0.1) is 0 Å². The molecule has 14 heavy (non-hydrogen) atoms. The molecule has 0 aliphatic carbocycles. The standard InChI is InChI=1S/C8H9BrN2O2S/c1-7(9)5-11-14(12,13)8-3-2-4-10-6-8/h2-4,6,11H,1,5H2. The SMILES string of the molecule is C=C(Br)CNS(=O)(=O)c1cccnc1. The molecule has 0 aliphatic heterocycles. The zero-order valence-electron chi connectivity index (χ0n) is 7.27. The number of nitrogens with one attached hydrogen (secondary N) is 1. The molecule has 0 radical (unpaired) electrons. The third-order valence-electron chi connectivity index (χ3n) is 1.40. The van der Waals surface area contributed by atoms with E-state index in [0.717, 1.165) is 0 Å². The summed E-state index contributed by atoms with van der Waals surface area (Å²) in [5.41, 5.74) is 0. The van der Waals surface area contributed by atoms with Crippen LogP contribution < -0.4 is 4.72 Å². The van der Waals surface area contributed by atoms with Crippen LogP contribution in [0.25, 0.3) is 0 Å². The first-order chi connectivity index (χ1) is 6.52. The number of rotatable bonds is 4. The van der Waals surface area contributed by atoms with Crippen LogP contribution in [-0.4, -0.2) is 19.9 Å². The van der Waals surface area contributed by atoms with Gasteiger partial charge >= 0.3 is 0 Å². The molecule has 1 heterocycles. The first kappa shape index (κ1) is 11.4. The van der Waals surface area contributed by atoms with E-state index in [-0.39, 0.29) is 11.4 Å². The van der Waals surface area contributed by atoms with E-state index < -0.39 is 10.0 Å². The van der Waals surface area contributed by atoms with E-state index in [1.54, 1.807) is 6.07 Å². The van der Waals surface area contributed by atoms with Crippen molar-refractivity contribution in [2.75, 3.05) is 6.54 Å². The molecule has 6 heteroatoms. The fourth-order valence-corrected chi connectivity index (χ4v) is 2.08. The number of nitrogens with zero attached hydrogens (tertiary/aromatic N) is 1. The van der Waals surface area contributed by atoms with Crippen LogP contribution in [0.4, 0.5) is 0 Å². The van der Waals surface area contributed by atoms with Crippen LogP contribution in [0.5, 0.6) is 0 Å². The van der Waals surface area contributed by atoms with Gasteiger partial charge in [0.2, 0.25) is 10.0 Å². The van der Waals surface area contributed by atoms with Gasteiger partial charge in [0.1, 0.15) is 4.90 Å². The molecule has 0 amide bonds. The van der Waals surface area contributed by atoms with Crippen molar-refractivity contribution in [1.82, 2.24) is 9.71 Å². The summed E-state index contributed by atoms with van der Waals surface area (Å²) < 4.78 is 26.0. The summed E-state index contributed by atoms with van der Waals surface area (Å²) in [7, 11) is -3.46. The van der Waals surface area contributed by atoms with Gasteiger partial charge in [0.25, 0.3) is 0 Å². The average molecular weight is 277 g/mol. The Morgan fingerprint density at radius 1 is 1.64 bits per heavy atom. The Bertz CT molecular complexity index is 416. The molecule has 4 nitrogen and oxygen atoms in total. The number of aromatic nitrogens is 1. The lowest BCUT2D eigenvalue weighted by atomic mass is 10.5. The van der Waals surface area contributed by atoms with Crippen molar-refractivity contribution < 1.29 is 8.42 Å². The average Bonchev–Trinajstić information content (AvgIpc) is 2.16. The van der Waals surface area contributed by atoms with Crippen LogP contribution in [0.3, 0.4) is 0 Å².